The van der Waals surface area contributed by atoms with Crippen molar-refractivity contribution < 1.29 is 9.18 Å². The van der Waals surface area contributed by atoms with Gasteiger partial charge in [0.15, 0.2) is 0 Å². The van der Waals surface area contributed by atoms with Crippen molar-refractivity contribution in [2.75, 3.05) is 18.8 Å². The van der Waals surface area contributed by atoms with Crippen molar-refractivity contribution in [2.45, 2.75) is 30.7 Å². The van der Waals surface area contributed by atoms with Crippen LogP contribution < -0.4 is 5.32 Å². The Bertz CT molecular complexity index is 491. The summed E-state index contributed by atoms with van der Waals surface area (Å²) in [5.74, 6) is 1.05. The van der Waals surface area contributed by atoms with Crippen LogP contribution in [0.25, 0.3) is 0 Å². The zero-order valence-corrected chi connectivity index (χ0v) is 12.2. The minimum atomic E-state index is -0.254. The summed E-state index contributed by atoms with van der Waals surface area (Å²) in [7, 11) is 0. The zero-order valence-electron chi connectivity index (χ0n) is 11.3. The van der Waals surface area contributed by atoms with E-state index in [4.69, 9.17) is 0 Å². The van der Waals surface area contributed by atoms with E-state index in [9.17, 15) is 9.18 Å². The lowest BCUT2D eigenvalue weighted by Crippen LogP contribution is -2.36. The Morgan fingerprint density at radius 3 is 3.05 bits per heavy atom. The highest BCUT2D eigenvalue weighted by atomic mass is 32.2. The van der Waals surface area contributed by atoms with Crippen LogP contribution in [0, 0.1) is 5.82 Å². The molecule has 3 rings (SSSR count). The number of nitrogens with zero attached hydrogens (tertiary/aromatic N) is 1. The smallest absolute Gasteiger partial charge is 0.238 e. The molecule has 2 fully saturated rings. The Kier molecular flexibility index (Phi) is 4.27. The monoisotopic (exact) mass is 294 g/mol. The lowest BCUT2D eigenvalue weighted by molar-refractivity contribution is -0.128. The molecule has 1 amide bonds. The molecule has 2 unspecified atom stereocenters. The molecule has 2 aliphatic heterocycles. The van der Waals surface area contributed by atoms with E-state index in [-0.39, 0.29) is 17.9 Å². The second-order valence-corrected chi connectivity index (χ2v) is 6.78. The van der Waals surface area contributed by atoms with Gasteiger partial charge in [-0.25, -0.2) is 4.39 Å². The standard InChI is InChI=1S/C15H19FN2OS/c16-12-5-3-4-11(8-12)15-17-9-14(19)18(15)10-13-6-1-2-7-20-13/h3-5,8,13,15,17H,1-2,6-7,9-10H2. The van der Waals surface area contributed by atoms with Crippen molar-refractivity contribution in [3.05, 3.63) is 35.6 Å². The third-order valence-electron chi connectivity index (χ3n) is 3.92. The van der Waals surface area contributed by atoms with Gasteiger partial charge in [-0.2, -0.15) is 11.8 Å². The van der Waals surface area contributed by atoms with Gasteiger partial charge in [0, 0.05) is 11.8 Å². The highest BCUT2D eigenvalue weighted by Crippen LogP contribution is 2.30. The van der Waals surface area contributed by atoms with Gasteiger partial charge in [-0.1, -0.05) is 18.6 Å². The maximum absolute atomic E-state index is 13.4. The number of nitrogens with one attached hydrogen (secondary N) is 1. The fourth-order valence-corrected chi connectivity index (χ4v) is 4.20. The summed E-state index contributed by atoms with van der Waals surface area (Å²) >= 11 is 1.96. The predicted molar refractivity (Wildman–Crippen MR) is 79.0 cm³/mol. The molecule has 108 valence electrons. The first kappa shape index (κ1) is 13.9. The van der Waals surface area contributed by atoms with E-state index in [1.54, 1.807) is 6.07 Å². The van der Waals surface area contributed by atoms with Crippen molar-refractivity contribution >= 4 is 17.7 Å². The summed E-state index contributed by atoms with van der Waals surface area (Å²) in [6.45, 7) is 1.11. The first-order valence-corrected chi connectivity index (χ1v) is 8.19. The largest absolute Gasteiger partial charge is 0.321 e. The van der Waals surface area contributed by atoms with Gasteiger partial charge in [0.2, 0.25) is 5.91 Å². The van der Waals surface area contributed by atoms with Crippen LogP contribution in [0.15, 0.2) is 24.3 Å². The number of hydrogen-bond acceptors (Lipinski definition) is 3. The fraction of sp³-hybridized carbons (Fsp3) is 0.533. The Labute approximate surface area is 122 Å². The highest BCUT2D eigenvalue weighted by molar-refractivity contribution is 7.99. The van der Waals surface area contributed by atoms with Crippen molar-refractivity contribution in [1.29, 1.82) is 0 Å². The van der Waals surface area contributed by atoms with E-state index in [2.05, 4.69) is 5.32 Å². The molecule has 5 heteroatoms. The van der Waals surface area contributed by atoms with Crippen LogP contribution >= 0.6 is 11.8 Å². The molecular formula is C15H19FN2OS. The average molecular weight is 294 g/mol. The van der Waals surface area contributed by atoms with Crippen LogP contribution in [-0.4, -0.2) is 34.9 Å². The predicted octanol–water partition coefficient (Wildman–Crippen LogP) is 2.54. The summed E-state index contributed by atoms with van der Waals surface area (Å²) in [4.78, 5) is 13.9. The minimum absolute atomic E-state index is 0.116. The van der Waals surface area contributed by atoms with Gasteiger partial charge in [0.05, 0.1) is 6.54 Å². The van der Waals surface area contributed by atoms with E-state index in [1.165, 1.54) is 37.1 Å². The normalized spacial score (nSPS) is 27.1. The van der Waals surface area contributed by atoms with E-state index in [0.29, 0.717) is 11.8 Å². The second kappa shape index (κ2) is 6.14. The number of amides is 1. The number of benzene rings is 1. The molecule has 2 aliphatic rings. The summed E-state index contributed by atoms with van der Waals surface area (Å²) < 4.78 is 13.4. The first-order valence-electron chi connectivity index (χ1n) is 7.14. The van der Waals surface area contributed by atoms with Crippen LogP contribution in [0.3, 0.4) is 0 Å². The maximum atomic E-state index is 13.4. The Morgan fingerprint density at radius 2 is 2.30 bits per heavy atom. The SMILES string of the molecule is O=C1CNC(c2cccc(F)c2)N1CC1CCCCS1. The topological polar surface area (TPSA) is 32.3 Å². The van der Waals surface area contributed by atoms with Crippen molar-refractivity contribution in [3.63, 3.8) is 0 Å². The molecular weight excluding hydrogens is 275 g/mol. The number of carbonyl (C=O) groups is 1. The van der Waals surface area contributed by atoms with Gasteiger partial charge in [0.25, 0.3) is 0 Å². The lowest BCUT2D eigenvalue weighted by Gasteiger charge is -2.30. The van der Waals surface area contributed by atoms with Crippen LogP contribution in [0.5, 0.6) is 0 Å². The number of rotatable bonds is 3. The van der Waals surface area contributed by atoms with Crippen LogP contribution in [0.2, 0.25) is 0 Å². The molecule has 20 heavy (non-hydrogen) atoms. The van der Waals surface area contributed by atoms with E-state index >= 15 is 0 Å². The molecule has 0 saturated carbocycles. The number of halogens is 1. The molecule has 0 aliphatic carbocycles. The molecule has 0 bridgehead atoms. The average Bonchev–Trinajstić information content (AvgIpc) is 2.82. The molecule has 0 spiro atoms. The zero-order chi connectivity index (χ0) is 13.9. The highest BCUT2D eigenvalue weighted by Gasteiger charge is 2.33. The van der Waals surface area contributed by atoms with Crippen molar-refractivity contribution in [1.82, 2.24) is 10.2 Å². The number of carbonyl (C=O) groups excluding carboxylic acids is 1. The van der Waals surface area contributed by atoms with Crippen molar-refractivity contribution in [3.8, 4) is 0 Å². The molecule has 1 aromatic carbocycles. The molecule has 1 aromatic rings. The second-order valence-electron chi connectivity index (χ2n) is 5.37. The molecule has 2 heterocycles. The summed E-state index contributed by atoms with van der Waals surface area (Å²) in [6, 6.07) is 6.52. The van der Waals surface area contributed by atoms with Gasteiger partial charge in [-0.05, 0) is 36.3 Å². The van der Waals surface area contributed by atoms with Crippen molar-refractivity contribution in [2.24, 2.45) is 0 Å². The van der Waals surface area contributed by atoms with Gasteiger partial charge in [-0.3, -0.25) is 10.1 Å². The molecule has 1 N–H and O–H groups in total. The van der Waals surface area contributed by atoms with Gasteiger partial charge >= 0.3 is 0 Å². The third kappa shape index (κ3) is 2.99. The molecule has 0 aromatic heterocycles. The summed E-state index contributed by atoms with van der Waals surface area (Å²) in [6.07, 6.45) is 3.52. The van der Waals surface area contributed by atoms with E-state index < -0.39 is 0 Å². The molecule has 2 atom stereocenters. The van der Waals surface area contributed by atoms with Gasteiger partial charge < -0.3 is 4.90 Å². The Balaban J connectivity index is 1.74. The Hall–Kier alpha value is -1.07. The molecule has 3 nitrogen and oxygen atoms in total. The number of hydrogen-bond donors (Lipinski definition) is 1. The van der Waals surface area contributed by atoms with Crippen LogP contribution in [0.1, 0.15) is 31.0 Å². The van der Waals surface area contributed by atoms with Gasteiger partial charge in [-0.15, -0.1) is 0 Å². The maximum Gasteiger partial charge on any atom is 0.238 e. The lowest BCUT2D eigenvalue weighted by atomic mass is 10.1. The minimum Gasteiger partial charge on any atom is -0.321 e. The van der Waals surface area contributed by atoms with E-state index in [0.717, 1.165) is 12.1 Å². The van der Waals surface area contributed by atoms with E-state index in [1.807, 2.05) is 22.7 Å². The third-order valence-corrected chi connectivity index (χ3v) is 5.30. The number of thioether (sulfide) groups is 1. The molecule has 0 radical (unpaired) electrons. The molecule has 2 saturated heterocycles. The summed E-state index contributed by atoms with van der Waals surface area (Å²) in [5.41, 5.74) is 0.830. The first-order chi connectivity index (χ1) is 9.74. The van der Waals surface area contributed by atoms with Crippen LogP contribution in [-0.2, 0) is 4.79 Å². The Morgan fingerprint density at radius 1 is 1.40 bits per heavy atom. The quantitative estimate of drug-likeness (QED) is 0.930. The van der Waals surface area contributed by atoms with Gasteiger partial charge in [0.1, 0.15) is 12.0 Å². The fourth-order valence-electron chi connectivity index (χ4n) is 2.89. The summed E-state index contributed by atoms with van der Waals surface area (Å²) in [5, 5.41) is 3.71. The van der Waals surface area contributed by atoms with Crippen LogP contribution in [0.4, 0.5) is 4.39 Å².